The number of benzene rings is 1. The van der Waals surface area contributed by atoms with Crippen molar-refractivity contribution in [3.05, 3.63) is 52.8 Å². The molecule has 3 rings (SSSR count). The van der Waals surface area contributed by atoms with Crippen LogP contribution in [0.3, 0.4) is 0 Å². The summed E-state index contributed by atoms with van der Waals surface area (Å²) in [5.74, 6) is 0.117. The maximum atomic E-state index is 12.9. The maximum Gasteiger partial charge on any atom is 0.255 e. The average molecular weight is 311 g/mol. The minimum absolute atomic E-state index is 0.117. The minimum Gasteiger partial charge on any atom is -0.337 e. The van der Waals surface area contributed by atoms with E-state index >= 15 is 0 Å². The number of hydrogen-bond acceptors (Lipinski definition) is 2. The van der Waals surface area contributed by atoms with Crippen LogP contribution in [0.4, 0.5) is 0 Å². The van der Waals surface area contributed by atoms with Crippen molar-refractivity contribution in [1.82, 2.24) is 14.8 Å². The summed E-state index contributed by atoms with van der Waals surface area (Å²) in [6, 6.07) is 10.6. The van der Waals surface area contributed by atoms with Gasteiger partial charge in [0.25, 0.3) is 5.91 Å². The van der Waals surface area contributed by atoms with Gasteiger partial charge >= 0.3 is 0 Å². The molecular formula is C19H25N3O. The Morgan fingerprint density at radius 3 is 2.65 bits per heavy atom. The van der Waals surface area contributed by atoms with Crippen LogP contribution < -0.4 is 5.32 Å². The van der Waals surface area contributed by atoms with Crippen molar-refractivity contribution in [3.8, 4) is 5.69 Å². The van der Waals surface area contributed by atoms with E-state index in [2.05, 4.69) is 35.9 Å². The summed E-state index contributed by atoms with van der Waals surface area (Å²) in [4.78, 5) is 14.8. The highest BCUT2D eigenvalue weighted by atomic mass is 16.2. The van der Waals surface area contributed by atoms with Gasteiger partial charge in [0, 0.05) is 36.7 Å². The summed E-state index contributed by atoms with van der Waals surface area (Å²) in [5.41, 5.74) is 5.27. The van der Waals surface area contributed by atoms with E-state index in [-0.39, 0.29) is 5.91 Å². The number of carbonyl (C=O) groups is 1. The number of aromatic nitrogens is 1. The number of aryl methyl sites for hydroxylation is 2. The molecule has 0 saturated carbocycles. The maximum absolute atomic E-state index is 12.9. The van der Waals surface area contributed by atoms with Crippen molar-refractivity contribution in [3.63, 3.8) is 0 Å². The van der Waals surface area contributed by atoms with Crippen molar-refractivity contribution in [2.75, 3.05) is 20.1 Å². The molecule has 1 aromatic heterocycles. The summed E-state index contributed by atoms with van der Waals surface area (Å²) in [6.45, 7) is 8.08. The fraction of sp³-hybridized carbons (Fsp3) is 0.421. The number of likely N-dealkylation sites (N-methyl/N-ethyl adjacent to an activating group) is 1. The average Bonchev–Trinajstić information content (AvgIpc) is 3.16. The molecule has 4 nitrogen and oxygen atoms in total. The van der Waals surface area contributed by atoms with Crippen molar-refractivity contribution in [1.29, 1.82) is 0 Å². The number of rotatable bonds is 3. The Kier molecular flexibility index (Phi) is 4.26. The monoisotopic (exact) mass is 311 g/mol. The van der Waals surface area contributed by atoms with Crippen molar-refractivity contribution < 1.29 is 4.79 Å². The Bertz CT molecular complexity index is 726. The number of nitrogens with one attached hydrogen (secondary N) is 1. The van der Waals surface area contributed by atoms with E-state index in [0.29, 0.717) is 6.04 Å². The normalized spacial score (nSPS) is 17.5. The topological polar surface area (TPSA) is 37.3 Å². The molecule has 0 aliphatic carbocycles. The Labute approximate surface area is 138 Å². The molecule has 122 valence electrons. The zero-order valence-electron chi connectivity index (χ0n) is 14.4. The first-order valence-corrected chi connectivity index (χ1v) is 8.23. The van der Waals surface area contributed by atoms with Crippen molar-refractivity contribution >= 4 is 5.91 Å². The third kappa shape index (κ3) is 2.79. The highest BCUT2D eigenvalue weighted by molar-refractivity contribution is 5.96. The fourth-order valence-corrected chi connectivity index (χ4v) is 3.49. The summed E-state index contributed by atoms with van der Waals surface area (Å²) in [7, 11) is 1.92. The van der Waals surface area contributed by atoms with Crippen LogP contribution in [0, 0.1) is 20.8 Å². The number of amides is 1. The first-order valence-electron chi connectivity index (χ1n) is 8.23. The number of hydrogen-bond donors (Lipinski definition) is 1. The van der Waals surface area contributed by atoms with E-state index in [1.807, 2.05) is 37.1 Å². The lowest BCUT2D eigenvalue weighted by Crippen LogP contribution is -2.38. The highest BCUT2D eigenvalue weighted by Crippen LogP contribution is 2.24. The molecule has 4 heteroatoms. The van der Waals surface area contributed by atoms with Gasteiger partial charge in [-0.1, -0.05) is 18.2 Å². The van der Waals surface area contributed by atoms with Crippen LogP contribution in [-0.2, 0) is 0 Å². The summed E-state index contributed by atoms with van der Waals surface area (Å²) >= 11 is 0. The van der Waals surface area contributed by atoms with Crippen LogP contribution in [0.2, 0.25) is 0 Å². The van der Waals surface area contributed by atoms with Crippen LogP contribution in [-0.4, -0.2) is 41.6 Å². The van der Waals surface area contributed by atoms with Gasteiger partial charge in [-0.3, -0.25) is 4.79 Å². The predicted molar refractivity (Wildman–Crippen MR) is 93.3 cm³/mol. The molecule has 1 N–H and O–H groups in total. The molecule has 1 unspecified atom stereocenters. The zero-order valence-corrected chi connectivity index (χ0v) is 14.4. The van der Waals surface area contributed by atoms with Crippen LogP contribution in [0.15, 0.2) is 30.3 Å². The second-order valence-corrected chi connectivity index (χ2v) is 6.47. The number of nitrogens with zero attached hydrogens (tertiary/aromatic N) is 2. The standard InChI is InChI=1S/C19H25N3O/c1-13-7-5-6-8-18(13)22-14(2)11-17(15(22)3)19(23)21(4)16-9-10-20-12-16/h5-8,11,16,20H,9-10,12H2,1-4H3. The first kappa shape index (κ1) is 15.8. The van der Waals surface area contributed by atoms with E-state index in [4.69, 9.17) is 0 Å². The number of para-hydroxylation sites is 1. The minimum atomic E-state index is 0.117. The molecule has 1 atom stereocenters. The van der Waals surface area contributed by atoms with Crippen LogP contribution in [0.25, 0.3) is 5.69 Å². The lowest BCUT2D eigenvalue weighted by Gasteiger charge is -2.24. The lowest BCUT2D eigenvalue weighted by atomic mass is 10.1. The third-order valence-electron chi connectivity index (χ3n) is 4.92. The molecule has 1 aromatic carbocycles. The first-order chi connectivity index (χ1) is 11.0. The molecule has 1 saturated heterocycles. The van der Waals surface area contributed by atoms with Gasteiger partial charge < -0.3 is 14.8 Å². The molecule has 1 fully saturated rings. The fourth-order valence-electron chi connectivity index (χ4n) is 3.49. The van der Waals surface area contributed by atoms with E-state index in [0.717, 1.165) is 42.1 Å². The largest absolute Gasteiger partial charge is 0.337 e. The van der Waals surface area contributed by atoms with E-state index in [1.165, 1.54) is 5.56 Å². The molecule has 2 aromatic rings. The predicted octanol–water partition coefficient (Wildman–Crippen LogP) is 2.84. The van der Waals surface area contributed by atoms with E-state index < -0.39 is 0 Å². The molecule has 2 heterocycles. The SMILES string of the molecule is Cc1ccccc1-n1c(C)cc(C(=O)N(C)C2CCNC2)c1C. The molecular weight excluding hydrogens is 286 g/mol. The van der Waals surface area contributed by atoms with Crippen LogP contribution >= 0.6 is 0 Å². The summed E-state index contributed by atoms with van der Waals surface area (Å²) in [6.07, 6.45) is 1.03. The van der Waals surface area contributed by atoms with E-state index in [1.54, 1.807) is 0 Å². The second kappa shape index (κ2) is 6.20. The van der Waals surface area contributed by atoms with Crippen LogP contribution in [0.5, 0.6) is 0 Å². The van der Waals surface area contributed by atoms with Gasteiger partial charge in [-0.15, -0.1) is 0 Å². The Hall–Kier alpha value is -2.07. The third-order valence-corrected chi connectivity index (χ3v) is 4.92. The molecule has 0 spiro atoms. The van der Waals surface area contributed by atoms with Gasteiger partial charge in [0.05, 0.1) is 5.56 Å². The number of carbonyl (C=O) groups excluding carboxylic acids is 1. The Morgan fingerprint density at radius 1 is 1.26 bits per heavy atom. The smallest absolute Gasteiger partial charge is 0.255 e. The van der Waals surface area contributed by atoms with Crippen LogP contribution in [0.1, 0.15) is 33.7 Å². The van der Waals surface area contributed by atoms with Gasteiger partial charge in [-0.05, 0) is 51.4 Å². The highest BCUT2D eigenvalue weighted by Gasteiger charge is 2.26. The van der Waals surface area contributed by atoms with Crippen molar-refractivity contribution in [2.24, 2.45) is 0 Å². The van der Waals surface area contributed by atoms with Gasteiger partial charge in [0.1, 0.15) is 0 Å². The second-order valence-electron chi connectivity index (χ2n) is 6.47. The molecule has 1 aliphatic heterocycles. The molecule has 0 radical (unpaired) electrons. The molecule has 0 bridgehead atoms. The molecule has 1 aliphatic rings. The van der Waals surface area contributed by atoms with Gasteiger partial charge in [0.15, 0.2) is 0 Å². The molecule has 23 heavy (non-hydrogen) atoms. The summed E-state index contributed by atoms with van der Waals surface area (Å²) in [5, 5.41) is 3.32. The quantitative estimate of drug-likeness (QED) is 0.946. The summed E-state index contributed by atoms with van der Waals surface area (Å²) < 4.78 is 2.18. The van der Waals surface area contributed by atoms with Gasteiger partial charge in [-0.25, -0.2) is 0 Å². The zero-order chi connectivity index (χ0) is 16.6. The van der Waals surface area contributed by atoms with Gasteiger partial charge in [0.2, 0.25) is 0 Å². The van der Waals surface area contributed by atoms with Gasteiger partial charge in [-0.2, -0.15) is 0 Å². The lowest BCUT2D eigenvalue weighted by molar-refractivity contribution is 0.0743. The molecule has 1 amide bonds. The van der Waals surface area contributed by atoms with Crippen molar-refractivity contribution in [2.45, 2.75) is 33.2 Å². The van der Waals surface area contributed by atoms with E-state index in [9.17, 15) is 4.79 Å². The Balaban J connectivity index is 1.98. The Morgan fingerprint density at radius 2 is 2.00 bits per heavy atom.